The van der Waals surface area contributed by atoms with Crippen LogP contribution in [0.5, 0.6) is 0 Å². The summed E-state index contributed by atoms with van der Waals surface area (Å²) in [6.45, 7) is 1.79. The van der Waals surface area contributed by atoms with E-state index in [1.165, 1.54) is 6.07 Å². The lowest BCUT2D eigenvalue weighted by Gasteiger charge is -2.32. The highest BCUT2D eigenvalue weighted by Gasteiger charge is 2.41. The van der Waals surface area contributed by atoms with Crippen molar-refractivity contribution in [2.45, 2.75) is 50.9 Å². The monoisotopic (exact) mass is 307 g/mol. The average molecular weight is 307 g/mol. The number of alkyl halides is 3. The number of halogens is 5. The van der Waals surface area contributed by atoms with Gasteiger partial charge in [-0.25, -0.2) is 8.78 Å². The lowest BCUT2D eigenvalue weighted by atomic mass is 9.85. The zero-order valence-corrected chi connectivity index (χ0v) is 11.7. The third kappa shape index (κ3) is 4.15. The Balaban J connectivity index is 1.89. The van der Waals surface area contributed by atoms with Crippen LogP contribution in [-0.2, 0) is 0 Å². The zero-order chi connectivity index (χ0) is 15.6. The Morgan fingerprint density at radius 3 is 2.19 bits per heavy atom. The van der Waals surface area contributed by atoms with Crippen LogP contribution in [0.25, 0.3) is 0 Å². The number of benzene rings is 1. The molecule has 6 heteroatoms. The Hall–Kier alpha value is -1.17. The van der Waals surface area contributed by atoms with Gasteiger partial charge in [0.25, 0.3) is 0 Å². The summed E-state index contributed by atoms with van der Waals surface area (Å²) < 4.78 is 63.8. The van der Waals surface area contributed by atoms with Crippen molar-refractivity contribution in [3.8, 4) is 0 Å². The van der Waals surface area contributed by atoms with Crippen molar-refractivity contribution in [3.63, 3.8) is 0 Å². The van der Waals surface area contributed by atoms with Gasteiger partial charge in [0.05, 0.1) is 5.92 Å². The van der Waals surface area contributed by atoms with E-state index in [4.69, 9.17) is 0 Å². The molecule has 0 aliphatic heterocycles. The van der Waals surface area contributed by atoms with Crippen LogP contribution in [-0.4, -0.2) is 12.2 Å². The molecule has 1 N–H and O–H groups in total. The van der Waals surface area contributed by atoms with Gasteiger partial charge >= 0.3 is 6.18 Å². The van der Waals surface area contributed by atoms with Crippen LogP contribution in [0.2, 0.25) is 0 Å². The van der Waals surface area contributed by atoms with E-state index in [0.717, 1.165) is 12.1 Å². The summed E-state index contributed by atoms with van der Waals surface area (Å²) in [5, 5.41) is 3.20. The molecule has 2 rings (SSSR count). The summed E-state index contributed by atoms with van der Waals surface area (Å²) in [6.07, 6.45) is -3.00. The Labute approximate surface area is 120 Å². The maximum absolute atomic E-state index is 13.2. The van der Waals surface area contributed by atoms with Gasteiger partial charge in [0.1, 0.15) is 0 Å². The predicted molar refractivity (Wildman–Crippen MR) is 69.7 cm³/mol. The molecular weight excluding hydrogens is 289 g/mol. The molecule has 1 fully saturated rings. The lowest BCUT2D eigenvalue weighted by Crippen LogP contribution is -2.38. The van der Waals surface area contributed by atoms with E-state index in [9.17, 15) is 22.0 Å². The summed E-state index contributed by atoms with van der Waals surface area (Å²) in [4.78, 5) is 0. The largest absolute Gasteiger partial charge is 0.391 e. The van der Waals surface area contributed by atoms with Crippen LogP contribution in [0.3, 0.4) is 0 Å². The van der Waals surface area contributed by atoms with E-state index in [0.29, 0.717) is 18.4 Å². The SMILES string of the molecule is CC(NC1CCC(C(F)(F)F)CC1)c1ccc(F)c(F)c1. The first-order valence-corrected chi connectivity index (χ1v) is 7.05. The molecule has 0 heterocycles. The van der Waals surface area contributed by atoms with Crippen molar-refractivity contribution < 1.29 is 22.0 Å². The van der Waals surface area contributed by atoms with Crippen molar-refractivity contribution in [3.05, 3.63) is 35.4 Å². The van der Waals surface area contributed by atoms with Crippen LogP contribution in [0.1, 0.15) is 44.2 Å². The maximum atomic E-state index is 13.2. The molecule has 0 bridgehead atoms. The van der Waals surface area contributed by atoms with Crippen molar-refractivity contribution in [1.29, 1.82) is 0 Å². The fourth-order valence-electron chi connectivity index (χ4n) is 2.82. The third-order valence-electron chi connectivity index (χ3n) is 4.12. The first kappa shape index (κ1) is 16.2. The highest BCUT2D eigenvalue weighted by atomic mass is 19.4. The third-order valence-corrected chi connectivity index (χ3v) is 4.12. The van der Waals surface area contributed by atoms with E-state index in [-0.39, 0.29) is 24.9 Å². The minimum Gasteiger partial charge on any atom is -0.307 e. The second-order valence-corrected chi connectivity index (χ2v) is 5.65. The Morgan fingerprint density at radius 1 is 1.05 bits per heavy atom. The molecule has 1 aromatic carbocycles. The van der Waals surface area contributed by atoms with Gasteiger partial charge in [-0.15, -0.1) is 0 Å². The smallest absolute Gasteiger partial charge is 0.307 e. The van der Waals surface area contributed by atoms with Gasteiger partial charge in [-0.2, -0.15) is 13.2 Å². The Morgan fingerprint density at radius 2 is 1.67 bits per heavy atom. The van der Waals surface area contributed by atoms with Crippen molar-refractivity contribution in [1.82, 2.24) is 5.32 Å². The van der Waals surface area contributed by atoms with E-state index < -0.39 is 23.7 Å². The number of nitrogens with one attached hydrogen (secondary N) is 1. The van der Waals surface area contributed by atoms with E-state index in [1.54, 1.807) is 6.92 Å². The Bertz CT molecular complexity index is 477. The quantitative estimate of drug-likeness (QED) is 0.796. The van der Waals surface area contributed by atoms with Gasteiger partial charge in [-0.05, 0) is 50.3 Å². The van der Waals surface area contributed by atoms with Gasteiger partial charge in [0.2, 0.25) is 0 Å². The van der Waals surface area contributed by atoms with Gasteiger partial charge in [0, 0.05) is 12.1 Å². The van der Waals surface area contributed by atoms with Crippen molar-refractivity contribution in [2.75, 3.05) is 0 Å². The molecule has 0 saturated heterocycles. The summed E-state index contributed by atoms with van der Waals surface area (Å²) in [7, 11) is 0. The average Bonchev–Trinajstić information content (AvgIpc) is 2.41. The normalized spacial score (nSPS) is 24.9. The molecule has 1 aliphatic rings. The van der Waals surface area contributed by atoms with Crippen LogP contribution in [0.4, 0.5) is 22.0 Å². The number of hydrogen-bond acceptors (Lipinski definition) is 1. The standard InChI is InChI=1S/C15H18F5N/c1-9(10-2-7-13(16)14(17)8-10)21-12-5-3-11(4-6-12)15(18,19)20/h2,7-9,11-12,21H,3-6H2,1H3. The van der Waals surface area contributed by atoms with Crippen LogP contribution in [0, 0.1) is 17.6 Å². The molecule has 0 amide bonds. The molecule has 0 spiro atoms. The molecule has 1 unspecified atom stereocenters. The van der Waals surface area contributed by atoms with Gasteiger partial charge in [-0.1, -0.05) is 6.07 Å². The molecule has 1 aliphatic carbocycles. The van der Waals surface area contributed by atoms with Crippen molar-refractivity contribution >= 4 is 0 Å². The molecule has 1 atom stereocenters. The molecule has 0 radical (unpaired) electrons. The maximum Gasteiger partial charge on any atom is 0.391 e. The van der Waals surface area contributed by atoms with E-state index in [2.05, 4.69) is 5.32 Å². The minimum atomic E-state index is -4.11. The fourth-order valence-corrected chi connectivity index (χ4v) is 2.82. The van der Waals surface area contributed by atoms with E-state index in [1.807, 2.05) is 0 Å². The van der Waals surface area contributed by atoms with Crippen molar-refractivity contribution in [2.24, 2.45) is 5.92 Å². The lowest BCUT2D eigenvalue weighted by molar-refractivity contribution is -0.182. The summed E-state index contributed by atoms with van der Waals surface area (Å²) >= 11 is 0. The number of hydrogen-bond donors (Lipinski definition) is 1. The van der Waals surface area contributed by atoms with Crippen LogP contribution < -0.4 is 5.32 Å². The predicted octanol–water partition coefficient (Wildman–Crippen LogP) is 4.74. The summed E-state index contributed by atoms with van der Waals surface area (Å²) in [5.74, 6) is -3.03. The first-order chi connectivity index (χ1) is 9.77. The zero-order valence-electron chi connectivity index (χ0n) is 11.7. The molecule has 21 heavy (non-hydrogen) atoms. The second-order valence-electron chi connectivity index (χ2n) is 5.65. The van der Waals surface area contributed by atoms with E-state index >= 15 is 0 Å². The molecule has 1 nitrogen and oxygen atoms in total. The molecule has 1 aromatic rings. The summed E-state index contributed by atoms with van der Waals surface area (Å²) in [6, 6.07) is 3.41. The topological polar surface area (TPSA) is 12.0 Å². The highest BCUT2D eigenvalue weighted by molar-refractivity contribution is 5.20. The summed E-state index contributed by atoms with van der Waals surface area (Å²) in [5.41, 5.74) is 0.590. The van der Waals surface area contributed by atoms with Gasteiger partial charge in [-0.3, -0.25) is 0 Å². The highest BCUT2D eigenvalue weighted by Crippen LogP contribution is 2.37. The first-order valence-electron chi connectivity index (χ1n) is 7.05. The Kier molecular flexibility index (Phi) is 4.86. The molecule has 118 valence electrons. The molecule has 0 aromatic heterocycles. The molecular formula is C15H18F5N. The van der Waals surface area contributed by atoms with Crippen LogP contribution in [0.15, 0.2) is 18.2 Å². The van der Waals surface area contributed by atoms with Gasteiger partial charge < -0.3 is 5.32 Å². The number of rotatable bonds is 3. The second kappa shape index (κ2) is 6.30. The fraction of sp³-hybridized carbons (Fsp3) is 0.600. The van der Waals surface area contributed by atoms with Crippen LogP contribution >= 0.6 is 0 Å². The minimum absolute atomic E-state index is 0.0216. The molecule has 1 saturated carbocycles. The van der Waals surface area contributed by atoms with Gasteiger partial charge in [0.15, 0.2) is 11.6 Å².